The Bertz CT molecular complexity index is 497. The summed E-state index contributed by atoms with van der Waals surface area (Å²) in [5.74, 6) is 1.56. The van der Waals surface area contributed by atoms with Crippen LogP contribution >= 0.6 is 0 Å². The minimum atomic E-state index is -0.0628. The van der Waals surface area contributed by atoms with E-state index in [1.165, 1.54) is 37.7 Å². The van der Waals surface area contributed by atoms with Gasteiger partial charge in [-0.2, -0.15) is 0 Å². The molecule has 0 heterocycles. The second-order valence-corrected chi connectivity index (χ2v) is 7.08. The molecule has 0 saturated heterocycles. The van der Waals surface area contributed by atoms with Gasteiger partial charge in [0.25, 0.3) is 0 Å². The van der Waals surface area contributed by atoms with Crippen molar-refractivity contribution in [1.29, 1.82) is 0 Å². The van der Waals surface area contributed by atoms with Crippen LogP contribution in [0.2, 0.25) is 0 Å². The molecule has 4 nitrogen and oxygen atoms in total. The predicted octanol–water partition coefficient (Wildman–Crippen LogP) is 3.54. The maximum absolute atomic E-state index is 6.19. The van der Waals surface area contributed by atoms with Crippen LogP contribution in [0.15, 0.2) is 42.3 Å². The molecule has 0 aromatic heterocycles. The first-order chi connectivity index (χ1) is 12.2. The molecule has 0 radical (unpaired) electrons. The fraction of sp³-hybridized carbons (Fsp3) is 0.619. The standard InChI is InChI=1S/C21H35N3O/c1-3-20(18-12-8-5-9-13-18)24-21(14-19(22)15-23-2)25-16-17-10-6-4-7-11-17/h4,6-7,10-11,14,18-20,23-24H,3,5,8-9,12-13,15-16,22H2,1-2H3/b21-14+. The van der Waals surface area contributed by atoms with Crippen LogP contribution in [0.5, 0.6) is 0 Å². The molecule has 2 unspecified atom stereocenters. The smallest absolute Gasteiger partial charge is 0.184 e. The van der Waals surface area contributed by atoms with Crippen molar-refractivity contribution < 1.29 is 4.74 Å². The summed E-state index contributed by atoms with van der Waals surface area (Å²) in [4.78, 5) is 0. The number of hydrogen-bond acceptors (Lipinski definition) is 4. The lowest BCUT2D eigenvalue weighted by Crippen LogP contribution is -2.38. The molecule has 1 aromatic rings. The van der Waals surface area contributed by atoms with Gasteiger partial charge < -0.3 is 21.1 Å². The first-order valence-corrected chi connectivity index (χ1v) is 9.78. The van der Waals surface area contributed by atoms with Gasteiger partial charge >= 0.3 is 0 Å². The highest BCUT2D eigenvalue weighted by atomic mass is 16.5. The van der Waals surface area contributed by atoms with Crippen LogP contribution in [0.25, 0.3) is 0 Å². The summed E-state index contributed by atoms with van der Waals surface area (Å²) in [5.41, 5.74) is 7.36. The highest BCUT2D eigenvalue weighted by Gasteiger charge is 2.23. The van der Waals surface area contributed by atoms with Gasteiger partial charge in [0.1, 0.15) is 6.61 Å². The Labute approximate surface area is 153 Å². The minimum Gasteiger partial charge on any atom is -0.475 e. The van der Waals surface area contributed by atoms with Crippen LogP contribution in [0, 0.1) is 5.92 Å². The third-order valence-corrected chi connectivity index (χ3v) is 5.03. The second kappa shape index (κ2) is 11.2. The quantitative estimate of drug-likeness (QED) is 0.568. The van der Waals surface area contributed by atoms with Crippen molar-refractivity contribution in [3.8, 4) is 0 Å². The Morgan fingerprint density at radius 2 is 1.96 bits per heavy atom. The normalized spacial score (nSPS) is 18.6. The SMILES string of the molecule is CCC(N/C(=C\C(N)CNC)OCc1ccccc1)C1CCCCC1. The minimum absolute atomic E-state index is 0.0628. The number of rotatable bonds is 10. The molecule has 0 spiro atoms. The maximum atomic E-state index is 6.19. The lowest BCUT2D eigenvalue weighted by molar-refractivity contribution is 0.152. The monoisotopic (exact) mass is 345 g/mol. The number of likely N-dealkylation sites (N-methyl/N-ethyl adjacent to an activating group) is 1. The van der Waals surface area contributed by atoms with Crippen LogP contribution in [-0.2, 0) is 11.3 Å². The third-order valence-electron chi connectivity index (χ3n) is 5.03. The summed E-state index contributed by atoms with van der Waals surface area (Å²) in [6.07, 6.45) is 9.86. The highest BCUT2D eigenvalue weighted by molar-refractivity contribution is 5.14. The Balaban J connectivity index is 2.01. The lowest BCUT2D eigenvalue weighted by atomic mass is 9.83. The topological polar surface area (TPSA) is 59.3 Å². The molecule has 0 aliphatic heterocycles. The molecule has 1 aliphatic carbocycles. The Morgan fingerprint density at radius 1 is 1.24 bits per heavy atom. The molecule has 1 aromatic carbocycles. The molecule has 0 bridgehead atoms. The maximum Gasteiger partial charge on any atom is 0.184 e. The molecule has 1 fully saturated rings. The van der Waals surface area contributed by atoms with Crippen LogP contribution in [-0.4, -0.2) is 25.7 Å². The second-order valence-electron chi connectivity index (χ2n) is 7.08. The zero-order chi connectivity index (χ0) is 17.9. The van der Waals surface area contributed by atoms with Gasteiger partial charge in [0.15, 0.2) is 5.88 Å². The first kappa shape index (κ1) is 19.8. The van der Waals surface area contributed by atoms with E-state index < -0.39 is 0 Å². The van der Waals surface area contributed by atoms with E-state index in [2.05, 4.69) is 29.7 Å². The highest BCUT2D eigenvalue weighted by Crippen LogP contribution is 2.28. The van der Waals surface area contributed by atoms with Gasteiger partial charge in [0.05, 0.1) is 0 Å². The van der Waals surface area contributed by atoms with Crippen molar-refractivity contribution in [2.75, 3.05) is 13.6 Å². The molecule has 1 aliphatic rings. The van der Waals surface area contributed by atoms with Crippen molar-refractivity contribution in [1.82, 2.24) is 10.6 Å². The van der Waals surface area contributed by atoms with E-state index in [0.717, 1.165) is 24.8 Å². The molecule has 4 heteroatoms. The number of hydrogen-bond donors (Lipinski definition) is 3. The zero-order valence-electron chi connectivity index (χ0n) is 15.8. The van der Waals surface area contributed by atoms with Gasteiger partial charge in [-0.25, -0.2) is 0 Å². The molecule has 140 valence electrons. The van der Waals surface area contributed by atoms with Crippen molar-refractivity contribution in [2.24, 2.45) is 11.7 Å². The number of nitrogens with two attached hydrogens (primary N) is 1. The van der Waals surface area contributed by atoms with Gasteiger partial charge in [0.2, 0.25) is 0 Å². The summed E-state index contributed by atoms with van der Waals surface area (Å²) >= 11 is 0. The van der Waals surface area contributed by atoms with Crippen LogP contribution in [0.3, 0.4) is 0 Å². The average Bonchev–Trinajstić information content (AvgIpc) is 2.65. The van der Waals surface area contributed by atoms with E-state index >= 15 is 0 Å². The van der Waals surface area contributed by atoms with Gasteiger partial charge in [-0.05, 0) is 43.9 Å². The van der Waals surface area contributed by atoms with Crippen LogP contribution < -0.4 is 16.4 Å². The van der Waals surface area contributed by atoms with Crippen molar-refractivity contribution in [3.63, 3.8) is 0 Å². The molecule has 2 atom stereocenters. The molecule has 0 amide bonds. The summed E-state index contributed by atoms with van der Waals surface area (Å²) in [6.45, 7) is 3.56. The number of benzene rings is 1. The first-order valence-electron chi connectivity index (χ1n) is 9.78. The van der Waals surface area contributed by atoms with Crippen LogP contribution in [0.4, 0.5) is 0 Å². The van der Waals surface area contributed by atoms with Gasteiger partial charge in [0, 0.05) is 18.6 Å². The Morgan fingerprint density at radius 3 is 2.60 bits per heavy atom. The van der Waals surface area contributed by atoms with E-state index in [0.29, 0.717) is 12.6 Å². The summed E-state index contributed by atoms with van der Waals surface area (Å²) in [5, 5.41) is 6.79. The summed E-state index contributed by atoms with van der Waals surface area (Å²) in [7, 11) is 1.92. The number of nitrogens with one attached hydrogen (secondary N) is 2. The Hall–Kier alpha value is -1.52. The molecular formula is C21H35N3O. The zero-order valence-corrected chi connectivity index (χ0v) is 15.8. The molecule has 1 saturated carbocycles. The molecule has 4 N–H and O–H groups in total. The number of ether oxygens (including phenoxy) is 1. The van der Waals surface area contributed by atoms with Gasteiger partial charge in [-0.1, -0.05) is 56.5 Å². The van der Waals surface area contributed by atoms with Crippen molar-refractivity contribution in [3.05, 3.63) is 47.9 Å². The van der Waals surface area contributed by atoms with E-state index in [9.17, 15) is 0 Å². The average molecular weight is 346 g/mol. The fourth-order valence-corrected chi connectivity index (χ4v) is 3.63. The summed E-state index contributed by atoms with van der Waals surface area (Å²) < 4.78 is 6.11. The van der Waals surface area contributed by atoms with Gasteiger partial charge in [-0.3, -0.25) is 0 Å². The predicted molar refractivity (Wildman–Crippen MR) is 105 cm³/mol. The molecule has 2 rings (SSSR count). The van der Waals surface area contributed by atoms with Crippen LogP contribution in [0.1, 0.15) is 51.0 Å². The third kappa shape index (κ3) is 7.09. The molecular weight excluding hydrogens is 310 g/mol. The molecule has 25 heavy (non-hydrogen) atoms. The Kier molecular flexibility index (Phi) is 8.84. The van der Waals surface area contributed by atoms with E-state index in [1.807, 2.05) is 31.3 Å². The fourth-order valence-electron chi connectivity index (χ4n) is 3.63. The van der Waals surface area contributed by atoms with E-state index in [4.69, 9.17) is 10.5 Å². The summed E-state index contributed by atoms with van der Waals surface area (Å²) in [6, 6.07) is 10.7. The lowest BCUT2D eigenvalue weighted by Gasteiger charge is -2.32. The van der Waals surface area contributed by atoms with Gasteiger partial charge in [-0.15, -0.1) is 0 Å². The largest absolute Gasteiger partial charge is 0.475 e. The van der Waals surface area contributed by atoms with E-state index in [-0.39, 0.29) is 6.04 Å². The van der Waals surface area contributed by atoms with Crippen molar-refractivity contribution in [2.45, 2.75) is 64.1 Å². The van der Waals surface area contributed by atoms with E-state index in [1.54, 1.807) is 0 Å². The van der Waals surface area contributed by atoms with Crippen molar-refractivity contribution >= 4 is 0 Å².